The highest BCUT2D eigenvalue weighted by Crippen LogP contribution is 2.33. The van der Waals surface area contributed by atoms with Crippen molar-refractivity contribution in [2.45, 2.75) is 0 Å². The summed E-state index contributed by atoms with van der Waals surface area (Å²) < 4.78 is 0.827. The van der Waals surface area contributed by atoms with Crippen molar-refractivity contribution >= 4 is 55.1 Å². The van der Waals surface area contributed by atoms with E-state index in [0.29, 0.717) is 0 Å². The Labute approximate surface area is 143 Å². The van der Waals surface area contributed by atoms with Gasteiger partial charge in [0.25, 0.3) is 11.1 Å². The molecule has 26 heavy (non-hydrogen) atoms. The molecule has 0 bridgehead atoms. The summed E-state index contributed by atoms with van der Waals surface area (Å²) in [6, 6.07) is 2.80. The van der Waals surface area contributed by atoms with Crippen molar-refractivity contribution in [3.05, 3.63) is 53.3 Å². The number of hydrogen-bond donors (Lipinski definition) is 4. The molecule has 8 N–H and O–H groups in total. The standard InChI is InChI=1S/C17H13N5O4/c1-22-16(25)10-11(17(22)26)13(21)9-8(12(10)20)14(23)6-4(18)2-3-5(19)7(6)15(9)24/h2-3H,18-21H2,1H3. The van der Waals surface area contributed by atoms with E-state index in [9.17, 15) is 19.2 Å². The molecule has 1 heterocycles. The van der Waals surface area contributed by atoms with Gasteiger partial charge in [-0.05, 0) is 12.1 Å². The zero-order valence-electron chi connectivity index (χ0n) is 13.5. The average molecular weight is 351 g/mol. The lowest BCUT2D eigenvalue weighted by molar-refractivity contribution is 0.857. The van der Waals surface area contributed by atoms with E-state index in [0.717, 1.165) is 4.57 Å². The maximum absolute atomic E-state index is 13.0. The van der Waals surface area contributed by atoms with Gasteiger partial charge < -0.3 is 22.9 Å². The number of anilines is 4. The second-order valence-electron chi connectivity index (χ2n) is 6.15. The Morgan fingerprint density at radius 2 is 0.962 bits per heavy atom. The number of nitrogen functional groups attached to an aromatic ring is 4. The molecule has 0 aliphatic heterocycles. The van der Waals surface area contributed by atoms with Crippen LogP contribution in [-0.2, 0) is 7.05 Å². The quantitative estimate of drug-likeness (QED) is 0.179. The Morgan fingerprint density at radius 3 is 1.31 bits per heavy atom. The summed E-state index contributed by atoms with van der Waals surface area (Å²) in [4.78, 5) is 50.8. The summed E-state index contributed by atoms with van der Waals surface area (Å²) in [5.41, 5.74) is 20.7. The van der Waals surface area contributed by atoms with E-state index in [1.807, 2.05) is 0 Å². The van der Waals surface area contributed by atoms with Crippen LogP contribution in [0.3, 0.4) is 0 Å². The molecule has 9 heteroatoms. The molecule has 0 aliphatic carbocycles. The van der Waals surface area contributed by atoms with Crippen molar-refractivity contribution < 1.29 is 0 Å². The third-order valence-electron chi connectivity index (χ3n) is 4.79. The van der Waals surface area contributed by atoms with E-state index in [1.54, 1.807) is 0 Å². The van der Waals surface area contributed by atoms with Crippen LogP contribution in [0.4, 0.5) is 22.7 Å². The van der Waals surface area contributed by atoms with E-state index in [-0.39, 0.29) is 55.1 Å². The Kier molecular flexibility index (Phi) is 2.77. The van der Waals surface area contributed by atoms with E-state index in [4.69, 9.17) is 22.9 Å². The molecule has 1 aromatic heterocycles. The molecule has 0 radical (unpaired) electrons. The topological polar surface area (TPSA) is 177 Å². The summed E-state index contributed by atoms with van der Waals surface area (Å²) >= 11 is 0. The van der Waals surface area contributed by atoms with E-state index in [1.165, 1.54) is 19.2 Å². The van der Waals surface area contributed by atoms with Gasteiger partial charge in [-0.3, -0.25) is 23.7 Å². The van der Waals surface area contributed by atoms with Crippen molar-refractivity contribution in [2.24, 2.45) is 7.05 Å². The van der Waals surface area contributed by atoms with E-state index < -0.39 is 22.0 Å². The first-order valence-electron chi connectivity index (χ1n) is 7.53. The van der Waals surface area contributed by atoms with Crippen molar-refractivity contribution in [2.75, 3.05) is 22.9 Å². The fourth-order valence-electron chi connectivity index (χ4n) is 3.51. The maximum atomic E-state index is 13.0. The average Bonchev–Trinajstić information content (AvgIpc) is 2.82. The lowest BCUT2D eigenvalue weighted by Crippen LogP contribution is -2.21. The molecule has 0 spiro atoms. The molecule has 4 rings (SSSR count). The zero-order chi connectivity index (χ0) is 19.1. The van der Waals surface area contributed by atoms with Gasteiger partial charge in [0.15, 0.2) is 10.9 Å². The summed E-state index contributed by atoms with van der Waals surface area (Å²) in [5.74, 6) is 0. The molecule has 0 saturated carbocycles. The van der Waals surface area contributed by atoms with Crippen LogP contribution in [0.15, 0.2) is 31.3 Å². The van der Waals surface area contributed by atoms with Crippen molar-refractivity contribution in [1.82, 2.24) is 4.57 Å². The second kappa shape index (κ2) is 4.60. The van der Waals surface area contributed by atoms with Gasteiger partial charge in [0, 0.05) is 18.4 Å². The van der Waals surface area contributed by atoms with Crippen LogP contribution in [0, 0.1) is 0 Å². The maximum Gasteiger partial charge on any atom is 0.263 e. The van der Waals surface area contributed by atoms with Crippen LogP contribution >= 0.6 is 0 Å². The van der Waals surface area contributed by atoms with Gasteiger partial charge in [0.1, 0.15) is 0 Å². The predicted octanol–water partition coefficient (Wildman–Crippen LogP) is -0.870. The molecule has 0 fully saturated rings. The fraction of sp³-hybridized carbons (Fsp3) is 0.0588. The highest BCUT2D eigenvalue weighted by Gasteiger charge is 2.25. The monoisotopic (exact) mass is 351 g/mol. The third kappa shape index (κ3) is 1.54. The molecule has 4 aromatic rings. The Balaban J connectivity index is 2.57. The number of rotatable bonds is 0. The predicted molar refractivity (Wildman–Crippen MR) is 103 cm³/mol. The van der Waals surface area contributed by atoms with Crippen LogP contribution in [0.1, 0.15) is 0 Å². The van der Waals surface area contributed by atoms with Crippen LogP contribution < -0.4 is 44.9 Å². The number of nitrogens with zero attached hydrogens (tertiary/aromatic N) is 1. The number of benzene rings is 3. The molecular formula is C17H13N5O4. The molecule has 9 nitrogen and oxygen atoms in total. The molecule has 0 unspecified atom stereocenters. The first kappa shape index (κ1) is 15.6. The lowest BCUT2D eigenvalue weighted by Gasteiger charge is -2.10. The number of hydrogen-bond acceptors (Lipinski definition) is 8. The van der Waals surface area contributed by atoms with E-state index in [2.05, 4.69) is 0 Å². The SMILES string of the molecule is Cn1c(=O)c2c(N)c3c(=O)c4c(N)ccc(N)c4c(=O)c3c(N)c2c1=O. The molecule has 0 aliphatic rings. The lowest BCUT2D eigenvalue weighted by atomic mass is 9.95. The van der Waals surface area contributed by atoms with Crippen LogP contribution in [-0.4, -0.2) is 4.57 Å². The van der Waals surface area contributed by atoms with Gasteiger partial charge in [0.05, 0.1) is 43.7 Å². The number of fused-ring (bicyclic) bond motifs is 3. The van der Waals surface area contributed by atoms with Gasteiger partial charge in [-0.25, -0.2) is 0 Å². The smallest absolute Gasteiger partial charge is 0.263 e. The van der Waals surface area contributed by atoms with Gasteiger partial charge in [-0.1, -0.05) is 0 Å². The molecule has 130 valence electrons. The van der Waals surface area contributed by atoms with Crippen LogP contribution in [0.5, 0.6) is 0 Å². The van der Waals surface area contributed by atoms with Crippen molar-refractivity contribution in [1.29, 1.82) is 0 Å². The first-order chi connectivity index (χ1) is 12.2. The zero-order valence-corrected chi connectivity index (χ0v) is 13.5. The van der Waals surface area contributed by atoms with Gasteiger partial charge in [-0.2, -0.15) is 0 Å². The minimum Gasteiger partial charge on any atom is -0.398 e. The van der Waals surface area contributed by atoms with Gasteiger partial charge in [-0.15, -0.1) is 0 Å². The minimum atomic E-state index is -0.691. The highest BCUT2D eigenvalue weighted by atomic mass is 16.2. The van der Waals surface area contributed by atoms with E-state index >= 15 is 0 Å². The molecule has 0 atom stereocenters. The van der Waals surface area contributed by atoms with Gasteiger partial charge in [0.2, 0.25) is 0 Å². The van der Waals surface area contributed by atoms with Crippen molar-refractivity contribution in [3.8, 4) is 0 Å². The summed E-state index contributed by atoms with van der Waals surface area (Å²) in [6.07, 6.45) is 0. The minimum absolute atomic E-state index is 0.0520. The van der Waals surface area contributed by atoms with Crippen LogP contribution in [0.25, 0.3) is 32.3 Å². The molecular weight excluding hydrogens is 338 g/mol. The van der Waals surface area contributed by atoms with Crippen LogP contribution in [0.2, 0.25) is 0 Å². The fourth-order valence-corrected chi connectivity index (χ4v) is 3.51. The molecule has 0 amide bonds. The largest absolute Gasteiger partial charge is 0.398 e. The Hall–Kier alpha value is -3.88. The normalized spacial score (nSPS) is 11.7. The molecule has 3 aromatic carbocycles. The summed E-state index contributed by atoms with van der Waals surface area (Å²) in [6.45, 7) is 0. The Morgan fingerprint density at radius 1 is 0.615 bits per heavy atom. The molecule has 0 saturated heterocycles. The highest BCUT2D eigenvalue weighted by molar-refractivity contribution is 6.22. The third-order valence-corrected chi connectivity index (χ3v) is 4.79. The van der Waals surface area contributed by atoms with Crippen molar-refractivity contribution in [3.63, 3.8) is 0 Å². The first-order valence-corrected chi connectivity index (χ1v) is 7.53. The summed E-state index contributed by atoms with van der Waals surface area (Å²) in [7, 11) is 1.26. The Bertz CT molecular complexity index is 1400. The summed E-state index contributed by atoms with van der Waals surface area (Å²) in [5, 5.41) is -0.987. The van der Waals surface area contributed by atoms with Gasteiger partial charge >= 0.3 is 0 Å². The second-order valence-corrected chi connectivity index (χ2v) is 6.15. The number of aromatic nitrogens is 1. The number of nitrogens with two attached hydrogens (primary N) is 4.